The lowest BCUT2D eigenvalue weighted by Gasteiger charge is -2.42. The fourth-order valence-electron chi connectivity index (χ4n) is 3.69. The highest BCUT2D eigenvalue weighted by molar-refractivity contribution is 5.92. The second kappa shape index (κ2) is 9.00. The summed E-state index contributed by atoms with van der Waals surface area (Å²) < 4.78 is 4.63. The van der Waals surface area contributed by atoms with Crippen LogP contribution < -0.4 is 5.32 Å². The van der Waals surface area contributed by atoms with Crippen LogP contribution >= 0.6 is 0 Å². The fourth-order valence-corrected chi connectivity index (χ4v) is 3.69. The molecule has 0 aromatic rings. The molecule has 26 heavy (non-hydrogen) atoms. The molecule has 1 aliphatic carbocycles. The largest absolute Gasteiger partial charge is 0.467 e. The molecule has 8 heteroatoms. The van der Waals surface area contributed by atoms with Gasteiger partial charge in [-0.05, 0) is 19.8 Å². The van der Waals surface area contributed by atoms with Crippen LogP contribution in [0.3, 0.4) is 0 Å². The van der Waals surface area contributed by atoms with E-state index in [1.165, 1.54) is 21.0 Å². The summed E-state index contributed by atoms with van der Waals surface area (Å²) in [5.74, 6) is -1.19. The molecule has 146 valence electrons. The molecule has 0 aromatic heterocycles. The number of ether oxygens (including phenoxy) is 1. The van der Waals surface area contributed by atoms with Crippen molar-refractivity contribution >= 4 is 23.7 Å². The quantitative estimate of drug-likeness (QED) is 0.721. The van der Waals surface area contributed by atoms with Crippen molar-refractivity contribution in [3.05, 3.63) is 0 Å². The standard InChI is InChI=1S/C18H29N3O5/c1-12(18(25)26-3)19-16(23)15-11-20(13(2)22)9-10-21(15)17(24)14-7-5-4-6-8-14/h12,14-15H,4-11H2,1-3H3,(H,19,23)/t12-,15-/m1/s1. The van der Waals surface area contributed by atoms with E-state index in [1.54, 1.807) is 9.80 Å². The van der Waals surface area contributed by atoms with E-state index >= 15 is 0 Å². The van der Waals surface area contributed by atoms with Gasteiger partial charge in [-0.2, -0.15) is 0 Å². The minimum absolute atomic E-state index is 0.0150. The van der Waals surface area contributed by atoms with Crippen LogP contribution in [0, 0.1) is 5.92 Å². The predicted octanol–water partition coefficient (Wildman–Crippen LogP) is 0.304. The van der Waals surface area contributed by atoms with Gasteiger partial charge < -0.3 is 19.9 Å². The van der Waals surface area contributed by atoms with Crippen molar-refractivity contribution in [3.63, 3.8) is 0 Å². The summed E-state index contributed by atoms with van der Waals surface area (Å²) in [6, 6.07) is -1.60. The van der Waals surface area contributed by atoms with Gasteiger partial charge in [0.2, 0.25) is 17.7 Å². The normalized spacial score (nSPS) is 22.5. The Labute approximate surface area is 154 Å². The Bertz CT molecular complexity index is 559. The number of carbonyl (C=O) groups is 4. The van der Waals surface area contributed by atoms with Crippen LogP contribution in [-0.4, -0.2) is 72.3 Å². The molecule has 0 aromatic carbocycles. The average Bonchev–Trinajstić information content (AvgIpc) is 2.66. The lowest BCUT2D eigenvalue weighted by molar-refractivity contribution is -0.152. The summed E-state index contributed by atoms with van der Waals surface area (Å²) in [7, 11) is 1.25. The summed E-state index contributed by atoms with van der Waals surface area (Å²) in [6.45, 7) is 3.88. The van der Waals surface area contributed by atoms with Gasteiger partial charge in [0, 0.05) is 25.9 Å². The molecule has 0 spiro atoms. The van der Waals surface area contributed by atoms with Crippen molar-refractivity contribution in [3.8, 4) is 0 Å². The van der Waals surface area contributed by atoms with Gasteiger partial charge in [-0.1, -0.05) is 19.3 Å². The highest BCUT2D eigenvalue weighted by atomic mass is 16.5. The molecule has 3 amide bonds. The molecule has 2 fully saturated rings. The lowest BCUT2D eigenvalue weighted by Crippen LogP contribution is -2.63. The molecule has 2 aliphatic rings. The first kappa shape index (κ1) is 20.2. The smallest absolute Gasteiger partial charge is 0.328 e. The van der Waals surface area contributed by atoms with Crippen LogP contribution in [0.4, 0.5) is 0 Å². The maximum Gasteiger partial charge on any atom is 0.328 e. The van der Waals surface area contributed by atoms with Crippen molar-refractivity contribution in [1.29, 1.82) is 0 Å². The Morgan fingerprint density at radius 3 is 2.31 bits per heavy atom. The third-order valence-corrected chi connectivity index (χ3v) is 5.28. The van der Waals surface area contributed by atoms with Crippen LogP contribution in [0.25, 0.3) is 0 Å². The number of piperazine rings is 1. The second-order valence-corrected chi connectivity index (χ2v) is 7.10. The predicted molar refractivity (Wildman–Crippen MR) is 94.0 cm³/mol. The first-order valence-corrected chi connectivity index (χ1v) is 9.29. The van der Waals surface area contributed by atoms with Crippen molar-refractivity contribution in [1.82, 2.24) is 15.1 Å². The summed E-state index contributed by atoms with van der Waals surface area (Å²) in [5, 5.41) is 2.60. The van der Waals surface area contributed by atoms with Gasteiger partial charge >= 0.3 is 5.97 Å². The van der Waals surface area contributed by atoms with Crippen LogP contribution in [-0.2, 0) is 23.9 Å². The van der Waals surface area contributed by atoms with Crippen molar-refractivity contribution in [2.24, 2.45) is 5.92 Å². The summed E-state index contributed by atoms with van der Waals surface area (Å²) in [5.41, 5.74) is 0. The topological polar surface area (TPSA) is 96.0 Å². The molecule has 0 bridgehead atoms. The van der Waals surface area contributed by atoms with E-state index in [0.29, 0.717) is 13.1 Å². The number of amides is 3. The fraction of sp³-hybridized carbons (Fsp3) is 0.778. The van der Waals surface area contributed by atoms with E-state index in [-0.39, 0.29) is 24.3 Å². The molecule has 1 saturated carbocycles. The van der Waals surface area contributed by atoms with Gasteiger partial charge in [0.05, 0.1) is 13.7 Å². The molecule has 8 nitrogen and oxygen atoms in total. The number of nitrogens with zero attached hydrogens (tertiary/aromatic N) is 2. The molecule has 2 atom stereocenters. The van der Waals surface area contributed by atoms with Gasteiger partial charge in [-0.3, -0.25) is 14.4 Å². The SMILES string of the molecule is COC(=O)[C@@H](C)NC(=O)[C@H]1CN(C(C)=O)CCN1C(=O)C1CCCCC1. The monoisotopic (exact) mass is 367 g/mol. The zero-order chi connectivity index (χ0) is 19.3. The van der Waals surface area contributed by atoms with E-state index in [2.05, 4.69) is 10.1 Å². The molecule has 2 rings (SSSR count). The number of carbonyl (C=O) groups excluding carboxylic acids is 4. The van der Waals surface area contributed by atoms with Gasteiger partial charge in [0.1, 0.15) is 12.1 Å². The van der Waals surface area contributed by atoms with Gasteiger partial charge in [0.15, 0.2) is 0 Å². The van der Waals surface area contributed by atoms with Crippen molar-refractivity contribution in [2.75, 3.05) is 26.7 Å². The van der Waals surface area contributed by atoms with E-state index in [9.17, 15) is 19.2 Å². The minimum Gasteiger partial charge on any atom is -0.467 e. The molecular formula is C18H29N3O5. The number of hydrogen-bond acceptors (Lipinski definition) is 5. The average molecular weight is 367 g/mol. The minimum atomic E-state index is -0.813. The Balaban J connectivity index is 2.13. The van der Waals surface area contributed by atoms with E-state index in [1.807, 2.05) is 0 Å². The molecular weight excluding hydrogens is 338 g/mol. The molecule has 0 radical (unpaired) electrons. The second-order valence-electron chi connectivity index (χ2n) is 7.10. The first-order valence-electron chi connectivity index (χ1n) is 9.29. The molecule has 1 heterocycles. The number of hydrogen-bond donors (Lipinski definition) is 1. The Hall–Kier alpha value is -2.12. The molecule has 1 saturated heterocycles. The van der Waals surface area contributed by atoms with E-state index in [4.69, 9.17) is 0 Å². The van der Waals surface area contributed by atoms with Crippen LogP contribution in [0.1, 0.15) is 46.0 Å². The number of methoxy groups -OCH3 is 1. The maximum absolute atomic E-state index is 13.0. The molecule has 0 unspecified atom stereocenters. The zero-order valence-corrected chi connectivity index (χ0v) is 15.8. The lowest BCUT2D eigenvalue weighted by atomic mass is 9.87. The van der Waals surface area contributed by atoms with Crippen LogP contribution in [0.15, 0.2) is 0 Å². The third-order valence-electron chi connectivity index (χ3n) is 5.28. The van der Waals surface area contributed by atoms with Crippen LogP contribution in [0.5, 0.6) is 0 Å². The Morgan fingerprint density at radius 1 is 1.08 bits per heavy atom. The maximum atomic E-state index is 13.0. The molecule has 1 aliphatic heterocycles. The first-order chi connectivity index (χ1) is 12.3. The Morgan fingerprint density at radius 2 is 1.73 bits per heavy atom. The van der Waals surface area contributed by atoms with Gasteiger partial charge in [0.25, 0.3) is 0 Å². The third kappa shape index (κ3) is 4.74. The number of nitrogens with one attached hydrogen (secondary N) is 1. The van der Waals surface area contributed by atoms with Gasteiger partial charge in [-0.15, -0.1) is 0 Å². The summed E-state index contributed by atoms with van der Waals surface area (Å²) in [6.07, 6.45) is 4.89. The highest BCUT2D eigenvalue weighted by Crippen LogP contribution is 2.27. The summed E-state index contributed by atoms with van der Waals surface area (Å²) in [4.78, 5) is 52.2. The number of rotatable bonds is 4. The summed E-state index contributed by atoms with van der Waals surface area (Å²) >= 11 is 0. The van der Waals surface area contributed by atoms with E-state index < -0.39 is 24.0 Å². The van der Waals surface area contributed by atoms with Gasteiger partial charge in [-0.25, -0.2) is 4.79 Å². The van der Waals surface area contributed by atoms with E-state index in [0.717, 1.165) is 32.1 Å². The molecule has 1 N–H and O–H groups in total. The van der Waals surface area contributed by atoms with Crippen LogP contribution in [0.2, 0.25) is 0 Å². The highest BCUT2D eigenvalue weighted by Gasteiger charge is 2.39. The Kier molecular flexibility index (Phi) is 6.99. The zero-order valence-electron chi connectivity index (χ0n) is 15.8. The van der Waals surface area contributed by atoms with Crippen molar-refractivity contribution < 1.29 is 23.9 Å². The van der Waals surface area contributed by atoms with Crippen molar-refractivity contribution in [2.45, 2.75) is 58.0 Å². The number of esters is 1.